The molecule has 0 aromatic carbocycles. The van der Waals surface area contributed by atoms with Crippen LogP contribution in [-0.2, 0) is 0 Å². The van der Waals surface area contributed by atoms with Crippen molar-refractivity contribution >= 4 is 6.03 Å². The van der Waals surface area contributed by atoms with Gasteiger partial charge in [0.05, 0.1) is 0 Å². The minimum absolute atomic E-state index is 0.256. The Kier molecular flexibility index (Phi) is 6.34. The Balaban J connectivity index is 3.97. The van der Waals surface area contributed by atoms with Gasteiger partial charge < -0.3 is 10.6 Å². The summed E-state index contributed by atoms with van der Waals surface area (Å²) >= 11 is 0. The zero-order valence-corrected chi connectivity index (χ0v) is 10.7. The lowest BCUT2D eigenvalue weighted by Crippen LogP contribution is -2.43. The number of urea groups is 1. The molecule has 0 aliphatic rings. The van der Waals surface area contributed by atoms with Crippen LogP contribution in [0.4, 0.5) is 18.0 Å². The number of nitrogens with one attached hydrogen (secondary N) is 2. The highest BCUT2D eigenvalue weighted by Crippen LogP contribution is 2.19. The fourth-order valence-corrected chi connectivity index (χ4v) is 1.69. The molecule has 17 heavy (non-hydrogen) atoms. The fraction of sp³-hybridized carbons (Fsp3) is 0.909. The molecule has 0 saturated carbocycles. The number of alkyl halides is 3. The van der Waals surface area contributed by atoms with Crippen molar-refractivity contribution in [3.05, 3.63) is 0 Å². The van der Waals surface area contributed by atoms with Gasteiger partial charge in [-0.15, -0.1) is 0 Å². The van der Waals surface area contributed by atoms with Crippen LogP contribution in [0.1, 0.15) is 27.7 Å². The highest BCUT2D eigenvalue weighted by Gasteiger charge is 2.27. The van der Waals surface area contributed by atoms with Crippen molar-refractivity contribution < 1.29 is 18.0 Å². The van der Waals surface area contributed by atoms with Gasteiger partial charge in [0.2, 0.25) is 0 Å². The monoisotopic (exact) mass is 254 g/mol. The van der Waals surface area contributed by atoms with E-state index in [0.29, 0.717) is 18.4 Å². The van der Waals surface area contributed by atoms with Gasteiger partial charge in [0, 0.05) is 6.54 Å². The summed E-state index contributed by atoms with van der Waals surface area (Å²) in [5.41, 5.74) is 0. The van der Waals surface area contributed by atoms with Gasteiger partial charge in [0.25, 0.3) is 0 Å². The van der Waals surface area contributed by atoms with Crippen molar-refractivity contribution in [3.63, 3.8) is 0 Å². The lowest BCUT2D eigenvalue weighted by atomic mass is 9.85. The van der Waals surface area contributed by atoms with Crippen LogP contribution in [-0.4, -0.2) is 25.3 Å². The Morgan fingerprint density at radius 3 is 1.88 bits per heavy atom. The van der Waals surface area contributed by atoms with Gasteiger partial charge in [0.1, 0.15) is 6.54 Å². The zero-order chi connectivity index (χ0) is 13.6. The van der Waals surface area contributed by atoms with E-state index < -0.39 is 18.8 Å². The van der Waals surface area contributed by atoms with Crippen LogP contribution in [0.15, 0.2) is 0 Å². The molecule has 0 fully saturated rings. The molecule has 0 aliphatic heterocycles. The van der Waals surface area contributed by atoms with E-state index in [1.165, 1.54) is 0 Å². The summed E-state index contributed by atoms with van der Waals surface area (Å²) in [7, 11) is 0. The van der Waals surface area contributed by atoms with E-state index >= 15 is 0 Å². The average Bonchev–Trinajstić information content (AvgIpc) is 2.12. The minimum atomic E-state index is -4.37. The third-order valence-electron chi connectivity index (χ3n) is 2.66. The molecule has 2 N–H and O–H groups in total. The summed E-state index contributed by atoms with van der Waals surface area (Å²) in [4.78, 5) is 11.1. The molecule has 0 aliphatic carbocycles. The Hall–Kier alpha value is -0.940. The van der Waals surface area contributed by atoms with Gasteiger partial charge in [-0.05, 0) is 17.8 Å². The van der Waals surface area contributed by atoms with E-state index in [1.54, 1.807) is 5.32 Å². The maximum absolute atomic E-state index is 11.8. The first-order valence-electron chi connectivity index (χ1n) is 5.72. The molecule has 2 amide bonds. The van der Waals surface area contributed by atoms with Crippen LogP contribution in [0.5, 0.6) is 0 Å². The zero-order valence-electron chi connectivity index (χ0n) is 10.7. The predicted octanol–water partition coefficient (Wildman–Crippen LogP) is 2.78. The van der Waals surface area contributed by atoms with Gasteiger partial charge >= 0.3 is 12.2 Å². The molecule has 3 nitrogen and oxygen atoms in total. The Labute approximate surface area is 100 Å². The summed E-state index contributed by atoms with van der Waals surface area (Å²) < 4.78 is 35.5. The Morgan fingerprint density at radius 2 is 1.53 bits per heavy atom. The summed E-state index contributed by atoms with van der Waals surface area (Å²) in [5, 5.41) is 4.25. The fourth-order valence-electron chi connectivity index (χ4n) is 1.69. The van der Waals surface area contributed by atoms with Crippen LogP contribution in [0, 0.1) is 17.8 Å². The molecule has 0 radical (unpaired) electrons. The number of rotatable bonds is 5. The van der Waals surface area contributed by atoms with Gasteiger partial charge in [-0.2, -0.15) is 13.2 Å². The molecule has 0 rings (SSSR count). The van der Waals surface area contributed by atoms with Gasteiger partial charge in [-0.3, -0.25) is 0 Å². The van der Waals surface area contributed by atoms with E-state index in [9.17, 15) is 18.0 Å². The highest BCUT2D eigenvalue weighted by atomic mass is 19.4. The number of carbonyl (C=O) groups is 1. The largest absolute Gasteiger partial charge is 0.405 e. The Morgan fingerprint density at radius 1 is 1.06 bits per heavy atom. The first-order chi connectivity index (χ1) is 7.63. The molecule has 0 aromatic heterocycles. The maximum Gasteiger partial charge on any atom is 0.405 e. The van der Waals surface area contributed by atoms with Crippen LogP contribution in [0.2, 0.25) is 0 Å². The van der Waals surface area contributed by atoms with Crippen molar-refractivity contribution in [3.8, 4) is 0 Å². The number of amides is 2. The molecule has 0 heterocycles. The van der Waals surface area contributed by atoms with Gasteiger partial charge in [-0.25, -0.2) is 4.79 Å². The molecule has 0 unspecified atom stereocenters. The second-order valence-corrected chi connectivity index (χ2v) is 4.83. The summed E-state index contributed by atoms with van der Waals surface area (Å²) in [6, 6.07) is -0.770. The average molecular weight is 254 g/mol. The number of halogens is 3. The molecule has 0 bridgehead atoms. The molecular formula is C11H21F3N2O. The first kappa shape index (κ1) is 16.1. The standard InChI is InChI=1S/C11H21F3N2O/c1-7(2)9(8(3)4)5-15-10(17)16-6-11(12,13)14/h7-9H,5-6H2,1-4H3,(H2,15,16,17). The quantitative estimate of drug-likeness (QED) is 0.778. The molecule has 0 saturated heterocycles. The van der Waals surface area contributed by atoms with Crippen LogP contribution < -0.4 is 10.6 Å². The predicted molar refractivity (Wildman–Crippen MR) is 60.6 cm³/mol. The molecular weight excluding hydrogens is 233 g/mol. The normalized spacial score (nSPS) is 12.4. The lowest BCUT2D eigenvalue weighted by molar-refractivity contribution is -0.122. The third-order valence-corrected chi connectivity index (χ3v) is 2.66. The lowest BCUT2D eigenvalue weighted by Gasteiger charge is -2.25. The summed E-state index contributed by atoms with van der Waals surface area (Å²) in [6.07, 6.45) is -4.37. The highest BCUT2D eigenvalue weighted by molar-refractivity contribution is 5.73. The molecule has 6 heteroatoms. The van der Waals surface area contributed by atoms with Gasteiger partial charge in [0.15, 0.2) is 0 Å². The van der Waals surface area contributed by atoms with Crippen LogP contribution >= 0.6 is 0 Å². The second-order valence-electron chi connectivity index (χ2n) is 4.83. The smallest absolute Gasteiger partial charge is 0.338 e. The number of hydrogen-bond donors (Lipinski definition) is 2. The van der Waals surface area contributed by atoms with E-state index in [1.807, 2.05) is 27.7 Å². The minimum Gasteiger partial charge on any atom is -0.338 e. The summed E-state index contributed by atoms with van der Waals surface area (Å²) in [6.45, 7) is 7.20. The molecule has 0 atom stereocenters. The van der Waals surface area contributed by atoms with E-state index in [-0.39, 0.29) is 5.92 Å². The molecule has 102 valence electrons. The van der Waals surface area contributed by atoms with Crippen molar-refractivity contribution in [2.24, 2.45) is 17.8 Å². The first-order valence-corrected chi connectivity index (χ1v) is 5.72. The maximum atomic E-state index is 11.8. The van der Waals surface area contributed by atoms with E-state index in [4.69, 9.17) is 0 Å². The second kappa shape index (κ2) is 6.71. The molecule has 0 aromatic rings. The van der Waals surface area contributed by atoms with Crippen molar-refractivity contribution in [1.82, 2.24) is 10.6 Å². The van der Waals surface area contributed by atoms with Crippen LogP contribution in [0.25, 0.3) is 0 Å². The number of hydrogen-bond acceptors (Lipinski definition) is 1. The van der Waals surface area contributed by atoms with E-state index in [0.717, 1.165) is 0 Å². The van der Waals surface area contributed by atoms with Crippen molar-refractivity contribution in [2.75, 3.05) is 13.1 Å². The molecule has 0 spiro atoms. The summed E-state index contributed by atoms with van der Waals surface area (Å²) in [5.74, 6) is 1.00. The van der Waals surface area contributed by atoms with Crippen molar-refractivity contribution in [1.29, 1.82) is 0 Å². The SMILES string of the molecule is CC(C)C(CNC(=O)NCC(F)(F)F)C(C)C. The van der Waals surface area contributed by atoms with Crippen molar-refractivity contribution in [2.45, 2.75) is 33.9 Å². The van der Waals surface area contributed by atoms with Crippen LogP contribution in [0.3, 0.4) is 0 Å². The third kappa shape index (κ3) is 7.88. The topological polar surface area (TPSA) is 41.1 Å². The number of carbonyl (C=O) groups excluding carboxylic acids is 1. The van der Waals surface area contributed by atoms with E-state index in [2.05, 4.69) is 5.32 Å². The van der Waals surface area contributed by atoms with Gasteiger partial charge in [-0.1, -0.05) is 27.7 Å². The Bertz CT molecular complexity index is 231.